The standard InChI is InChI=1S/C7H12O4.C2H5O.Mg/c1-3-10-6(8)5-7(9)11-4-2;1-2-3;/h5,8H,3-4H2,1-2H3;2H2,1H3;/q;-1;+2/p-1. The smallest absolute Gasteiger partial charge is 0.855 e. The molecule has 0 aliphatic heterocycles. The van der Waals surface area contributed by atoms with E-state index in [2.05, 4.69) is 9.47 Å². The van der Waals surface area contributed by atoms with Crippen molar-refractivity contribution in [2.45, 2.75) is 20.8 Å². The van der Waals surface area contributed by atoms with Crippen molar-refractivity contribution in [2.75, 3.05) is 19.8 Å². The van der Waals surface area contributed by atoms with Crippen molar-refractivity contribution < 1.29 is 24.5 Å². The van der Waals surface area contributed by atoms with Crippen LogP contribution in [0.4, 0.5) is 0 Å². The van der Waals surface area contributed by atoms with Gasteiger partial charge in [-0.05, 0) is 13.5 Å². The van der Waals surface area contributed by atoms with Crippen LogP contribution in [0.1, 0.15) is 20.8 Å². The van der Waals surface area contributed by atoms with Gasteiger partial charge >= 0.3 is 29.0 Å². The molecule has 6 heteroatoms. The zero-order chi connectivity index (χ0) is 11.4. The quantitative estimate of drug-likeness (QED) is 0.261. The molecule has 0 saturated heterocycles. The Balaban J connectivity index is -0.000000320. The van der Waals surface area contributed by atoms with E-state index in [4.69, 9.17) is 5.11 Å². The van der Waals surface area contributed by atoms with Crippen molar-refractivity contribution >= 4 is 29.0 Å². The summed E-state index contributed by atoms with van der Waals surface area (Å²) in [6, 6.07) is 0. The van der Waals surface area contributed by atoms with Crippen molar-refractivity contribution in [3.8, 4) is 0 Å². The molecule has 0 aromatic carbocycles. The Hall–Kier alpha value is -0.464. The van der Waals surface area contributed by atoms with Crippen molar-refractivity contribution in [3.63, 3.8) is 0 Å². The first-order valence-corrected chi connectivity index (χ1v) is 4.38. The topological polar surface area (TPSA) is 81.7 Å². The Labute approximate surface area is 106 Å². The van der Waals surface area contributed by atoms with Crippen molar-refractivity contribution in [2.24, 2.45) is 0 Å². The SMILES string of the molecule is CCOC(=O)C=C([O-])OCC.CC[O-].[Mg+2]. The van der Waals surface area contributed by atoms with Gasteiger partial charge in [0.2, 0.25) is 0 Å². The van der Waals surface area contributed by atoms with Gasteiger partial charge in [-0.1, -0.05) is 13.8 Å². The average molecular weight is 229 g/mol. The normalized spacial score (nSPS) is 9.20. The monoisotopic (exact) mass is 228 g/mol. The summed E-state index contributed by atoms with van der Waals surface area (Å²) < 4.78 is 8.93. The third kappa shape index (κ3) is 19.8. The van der Waals surface area contributed by atoms with Crippen LogP contribution in [0.2, 0.25) is 0 Å². The van der Waals surface area contributed by atoms with E-state index in [0.29, 0.717) is 0 Å². The number of hydrogen-bond acceptors (Lipinski definition) is 5. The van der Waals surface area contributed by atoms with Gasteiger partial charge in [0, 0.05) is 6.08 Å². The van der Waals surface area contributed by atoms with Crippen molar-refractivity contribution in [3.05, 3.63) is 12.0 Å². The van der Waals surface area contributed by atoms with Crippen LogP contribution < -0.4 is 10.2 Å². The summed E-state index contributed by atoms with van der Waals surface area (Å²) in [6.45, 7) is 5.41. The number of carbonyl (C=O) groups excluding carboxylic acids is 1. The fourth-order valence-electron chi connectivity index (χ4n) is 0.464. The van der Waals surface area contributed by atoms with Crippen LogP contribution >= 0.6 is 0 Å². The van der Waals surface area contributed by atoms with Gasteiger partial charge in [0.05, 0.1) is 12.6 Å². The molecule has 0 saturated carbocycles. The van der Waals surface area contributed by atoms with Gasteiger partial charge < -0.3 is 19.7 Å². The summed E-state index contributed by atoms with van der Waals surface area (Å²) in [5, 5.41) is 19.5. The van der Waals surface area contributed by atoms with Crippen molar-refractivity contribution in [1.29, 1.82) is 0 Å². The first-order chi connectivity index (χ1) is 6.62. The van der Waals surface area contributed by atoms with Gasteiger partial charge in [-0.3, -0.25) is 0 Å². The Bertz CT molecular complexity index is 170. The molecule has 0 heterocycles. The largest absolute Gasteiger partial charge is 2.00 e. The first kappa shape index (κ1) is 20.0. The third-order valence-corrected chi connectivity index (χ3v) is 0.809. The van der Waals surface area contributed by atoms with Crippen LogP contribution in [0.3, 0.4) is 0 Å². The Kier molecular flexibility index (Phi) is 21.3. The van der Waals surface area contributed by atoms with E-state index in [1.54, 1.807) is 20.8 Å². The van der Waals surface area contributed by atoms with Gasteiger partial charge in [0.15, 0.2) is 0 Å². The molecule has 5 nitrogen and oxygen atoms in total. The Morgan fingerprint density at radius 3 is 1.93 bits per heavy atom. The maximum Gasteiger partial charge on any atom is 2.00 e. The molecule has 0 radical (unpaired) electrons. The molecule has 84 valence electrons. The molecule has 0 bridgehead atoms. The van der Waals surface area contributed by atoms with Crippen LogP contribution in [0, 0.1) is 0 Å². The molecule has 0 aliphatic carbocycles. The third-order valence-electron chi connectivity index (χ3n) is 0.809. The minimum atomic E-state index is -0.661. The van der Waals surface area contributed by atoms with Gasteiger partial charge in [-0.25, -0.2) is 4.79 Å². The van der Waals surface area contributed by atoms with Gasteiger partial charge in [-0.2, -0.15) is 0 Å². The van der Waals surface area contributed by atoms with E-state index in [9.17, 15) is 9.90 Å². The Morgan fingerprint density at radius 1 is 1.20 bits per heavy atom. The Morgan fingerprint density at radius 2 is 1.60 bits per heavy atom. The number of ether oxygens (including phenoxy) is 2. The second-order valence-corrected chi connectivity index (χ2v) is 1.94. The molecular weight excluding hydrogens is 212 g/mol. The van der Waals surface area contributed by atoms with Crippen LogP contribution in [0.5, 0.6) is 0 Å². The minimum Gasteiger partial charge on any atom is -0.855 e. The average Bonchev–Trinajstić information content (AvgIpc) is 2.05. The zero-order valence-electron chi connectivity index (χ0n) is 9.45. The van der Waals surface area contributed by atoms with Crippen molar-refractivity contribution in [1.82, 2.24) is 0 Å². The molecule has 0 aromatic rings. The number of rotatable bonds is 4. The predicted molar refractivity (Wildman–Crippen MR) is 52.6 cm³/mol. The van der Waals surface area contributed by atoms with E-state index in [1.165, 1.54) is 0 Å². The van der Waals surface area contributed by atoms with E-state index in [1.807, 2.05) is 0 Å². The molecule has 0 amide bonds. The fourth-order valence-corrected chi connectivity index (χ4v) is 0.464. The second kappa shape index (κ2) is 16.0. The molecule has 0 aromatic heterocycles. The van der Waals surface area contributed by atoms with Gasteiger partial charge in [-0.15, -0.1) is 6.61 Å². The molecule has 0 aliphatic rings. The van der Waals surface area contributed by atoms with Crippen LogP contribution in [0.15, 0.2) is 12.0 Å². The fraction of sp³-hybridized carbons (Fsp3) is 0.667. The van der Waals surface area contributed by atoms with Crippen LogP contribution in [0.25, 0.3) is 0 Å². The summed E-state index contributed by atoms with van der Waals surface area (Å²) in [5.74, 6) is -1.32. The summed E-state index contributed by atoms with van der Waals surface area (Å²) in [5.41, 5.74) is 0. The molecule has 0 rings (SSSR count). The number of hydrogen-bond donors (Lipinski definition) is 0. The van der Waals surface area contributed by atoms with E-state index >= 15 is 0 Å². The van der Waals surface area contributed by atoms with Crippen LogP contribution in [-0.4, -0.2) is 48.8 Å². The molecule has 0 spiro atoms. The maximum atomic E-state index is 10.5. The molecule has 0 unspecified atom stereocenters. The van der Waals surface area contributed by atoms with E-state index < -0.39 is 11.9 Å². The maximum absolute atomic E-state index is 10.5. The summed E-state index contributed by atoms with van der Waals surface area (Å²) in [6.07, 6.45) is 0.785. The molecule has 15 heavy (non-hydrogen) atoms. The first-order valence-electron chi connectivity index (χ1n) is 4.38. The molecule has 0 atom stereocenters. The predicted octanol–water partition coefficient (Wildman–Crippen LogP) is -1.23. The minimum absolute atomic E-state index is 0. The van der Waals surface area contributed by atoms with Gasteiger partial charge in [0.1, 0.15) is 0 Å². The summed E-state index contributed by atoms with van der Waals surface area (Å²) in [7, 11) is 0. The van der Waals surface area contributed by atoms with Crippen LogP contribution in [-0.2, 0) is 14.3 Å². The number of carbonyl (C=O) groups is 1. The van der Waals surface area contributed by atoms with E-state index in [-0.39, 0.29) is 42.9 Å². The molecule has 0 fully saturated rings. The summed E-state index contributed by atoms with van der Waals surface area (Å²) in [4.78, 5) is 10.5. The van der Waals surface area contributed by atoms with Gasteiger partial charge in [0.25, 0.3) is 0 Å². The summed E-state index contributed by atoms with van der Waals surface area (Å²) >= 11 is 0. The molecule has 0 N–H and O–H groups in total. The number of esters is 1. The zero-order valence-corrected chi connectivity index (χ0v) is 10.9. The second-order valence-electron chi connectivity index (χ2n) is 1.94. The molecular formula is C9H16MgO5. The van der Waals surface area contributed by atoms with E-state index in [0.717, 1.165) is 6.08 Å².